The van der Waals surface area contributed by atoms with Gasteiger partial charge in [0.25, 0.3) is 0 Å². The molecule has 0 aliphatic rings. The Balaban J connectivity index is 2.04. The summed E-state index contributed by atoms with van der Waals surface area (Å²) in [6.07, 6.45) is 2.16. The molecule has 0 saturated heterocycles. The molecule has 1 atom stereocenters. The topological polar surface area (TPSA) is 29.9 Å². The van der Waals surface area contributed by atoms with Gasteiger partial charge in [-0.25, -0.2) is 0 Å². The first-order valence-electron chi connectivity index (χ1n) is 6.90. The third-order valence-corrected chi connectivity index (χ3v) is 4.17. The van der Waals surface area contributed by atoms with Gasteiger partial charge < -0.3 is 5.32 Å². The Bertz CT molecular complexity index is 521. The van der Waals surface area contributed by atoms with Crippen LogP contribution in [-0.4, -0.2) is 28.3 Å². The largest absolute Gasteiger partial charge is 0.311 e. The van der Waals surface area contributed by atoms with Crippen LogP contribution in [0.3, 0.4) is 0 Å². The summed E-state index contributed by atoms with van der Waals surface area (Å²) in [4.78, 5) is 0. The van der Waals surface area contributed by atoms with Crippen molar-refractivity contribution in [2.45, 2.75) is 26.9 Å². The van der Waals surface area contributed by atoms with Gasteiger partial charge in [0.2, 0.25) is 0 Å². The SMILES string of the molecule is CCn1nc(CNCC(C)CSC)c2ccccc21. The Labute approximate surface area is 119 Å². The average Bonchev–Trinajstić information content (AvgIpc) is 2.78. The summed E-state index contributed by atoms with van der Waals surface area (Å²) in [5.74, 6) is 1.91. The standard InChI is InChI=1S/C15H23N3S/c1-4-18-15-8-6-5-7-13(15)14(17-18)10-16-9-12(2)11-19-3/h5-8,12,16H,4,9-11H2,1-3H3. The van der Waals surface area contributed by atoms with Crippen LogP contribution >= 0.6 is 11.8 Å². The number of aromatic nitrogens is 2. The van der Waals surface area contributed by atoms with Gasteiger partial charge in [-0.15, -0.1) is 0 Å². The zero-order chi connectivity index (χ0) is 13.7. The highest BCUT2D eigenvalue weighted by Gasteiger charge is 2.09. The van der Waals surface area contributed by atoms with Gasteiger partial charge in [-0.1, -0.05) is 25.1 Å². The van der Waals surface area contributed by atoms with Crippen LogP contribution in [0.25, 0.3) is 10.9 Å². The van der Waals surface area contributed by atoms with Crippen LogP contribution in [0.2, 0.25) is 0 Å². The quantitative estimate of drug-likeness (QED) is 0.843. The number of hydrogen-bond acceptors (Lipinski definition) is 3. The Morgan fingerprint density at radius 1 is 1.37 bits per heavy atom. The fourth-order valence-corrected chi connectivity index (χ4v) is 3.04. The molecule has 19 heavy (non-hydrogen) atoms. The molecule has 104 valence electrons. The molecule has 0 saturated carbocycles. The van der Waals surface area contributed by atoms with Gasteiger partial charge in [0, 0.05) is 18.5 Å². The molecule has 0 aliphatic heterocycles. The lowest BCUT2D eigenvalue weighted by molar-refractivity contribution is 0.549. The van der Waals surface area contributed by atoms with Crippen LogP contribution in [0.1, 0.15) is 19.5 Å². The molecule has 1 aromatic heterocycles. The minimum absolute atomic E-state index is 0.703. The maximum Gasteiger partial charge on any atom is 0.0841 e. The maximum atomic E-state index is 4.70. The number of aryl methyl sites for hydroxylation is 1. The fraction of sp³-hybridized carbons (Fsp3) is 0.533. The second-order valence-electron chi connectivity index (χ2n) is 4.97. The number of para-hydroxylation sites is 1. The van der Waals surface area contributed by atoms with E-state index in [1.54, 1.807) is 0 Å². The highest BCUT2D eigenvalue weighted by Crippen LogP contribution is 2.18. The lowest BCUT2D eigenvalue weighted by Gasteiger charge is -2.10. The van der Waals surface area contributed by atoms with E-state index in [0.717, 1.165) is 25.3 Å². The normalized spacial score (nSPS) is 13.0. The van der Waals surface area contributed by atoms with Gasteiger partial charge in [0.1, 0.15) is 0 Å². The first-order valence-corrected chi connectivity index (χ1v) is 8.29. The second kappa shape index (κ2) is 6.96. The van der Waals surface area contributed by atoms with Crippen molar-refractivity contribution in [1.29, 1.82) is 0 Å². The van der Waals surface area contributed by atoms with Gasteiger partial charge in [0.15, 0.2) is 0 Å². The van der Waals surface area contributed by atoms with Crippen molar-refractivity contribution in [2.75, 3.05) is 18.6 Å². The number of benzene rings is 1. The monoisotopic (exact) mass is 277 g/mol. The van der Waals surface area contributed by atoms with Crippen molar-refractivity contribution in [3.05, 3.63) is 30.0 Å². The molecule has 0 amide bonds. The molecule has 0 aliphatic carbocycles. The van der Waals surface area contributed by atoms with E-state index in [0.29, 0.717) is 5.92 Å². The lowest BCUT2D eigenvalue weighted by atomic mass is 10.2. The first-order chi connectivity index (χ1) is 9.26. The van der Waals surface area contributed by atoms with Crippen LogP contribution in [0.4, 0.5) is 0 Å². The highest BCUT2D eigenvalue weighted by molar-refractivity contribution is 7.98. The lowest BCUT2D eigenvalue weighted by Crippen LogP contribution is -2.22. The molecule has 1 heterocycles. The average molecular weight is 277 g/mol. The fourth-order valence-electron chi connectivity index (χ4n) is 2.35. The third-order valence-electron chi connectivity index (χ3n) is 3.27. The zero-order valence-electron chi connectivity index (χ0n) is 12.0. The summed E-state index contributed by atoms with van der Waals surface area (Å²) in [5, 5.41) is 9.50. The molecular formula is C15H23N3S. The Morgan fingerprint density at radius 3 is 2.89 bits per heavy atom. The third kappa shape index (κ3) is 3.51. The van der Waals surface area contributed by atoms with Crippen LogP contribution in [-0.2, 0) is 13.1 Å². The van der Waals surface area contributed by atoms with Gasteiger partial charge in [-0.2, -0.15) is 16.9 Å². The number of rotatable bonds is 7. The van der Waals surface area contributed by atoms with E-state index in [-0.39, 0.29) is 0 Å². The molecule has 0 radical (unpaired) electrons. The van der Waals surface area contributed by atoms with E-state index in [1.807, 2.05) is 11.8 Å². The van der Waals surface area contributed by atoms with E-state index in [4.69, 9.17) is 5.10 Å². The summed E-state index contributed by atoms with van der Waals surface area (Å²) in [6, 6.07) is 8.47. The summed E-state index contributed by atoms with van der Waals surface area (Å²) in [7, 11) is 0. The highest BCUT2D eigenvalue weighted by atomic mass is 32.2. The molecule has 2 rings (SSSR count). The predicted octanol–water partition coefficient (Wildman–Crippen LogP) is 3.14. The van der Waals surface area contributed by atoms with Crippen molar-refractivity contribution in [3.63, 3.8) is 0 Å². The maximum absolute atomic E-state index is 4.70. The molecular weight excluding hydrogens is 254 g/mol. The molecule has 1 unspecified atom stereocenters. The van der Waals surface area contributed by atoms with E-state index in [9.17, 15) is 0 Å². The van der Waals surface area contributed by atoms with Crippen LogP contribution < -0.4 is 5.32 Å². The number of nitrogens with zero attached hydrogens (tertiary/aromatic N) is 2. The molecule has 0 fully saturated rings. The van der Waals surface area contributed by atoms with Crippen molar-refractivity contribution >= 4 is 22.7 Å². The number of thioether (sulfide) groups is 1. The molecule has 1 N–H and O–H groups in total. The van der Waals surface area contributed by atoms with Crippen LogP contribution in [0.5, 0.6) is 0 Å². The zero-order valence-corrected chi connectivity index (χ0v) is 12.8. The molecule has 4 heteroatoms. The Morgan fingerprint density at radius 2 is 2.16 bits per heavy atom. The number of hydrogen-bond donors (Lipinski definition) is 1. The Hall–Kier alpha value is -1.00. The summed E-state index contributed by atoms with van der Waals surface area (Å²) < 4.78 is 2.08. The smallest absolute Gasteiger partial charge is 0.0841 e. The predicted molar refractivity (Wildman–Crippen MR) is 84.7 cm³/mol. The van der Waals surface area contributed by atoms with Crippen LogP contribution in [0.15, 0.2) is 24.3 Å². The molecule has 3 nitrogen and oxygen atoms in total. The second-order valence-corrected chi connectivity index (χ2v) is 5.88. The molecule has 1 aromatic carbocycles. The van der Waals surface area contributed by atoms with E-state index in [1.165, 1.54) is 16.7 Å². The van der Waals surface area contributed by atoms with Crippen LogP contribution in [0, 0.1) is 5.92 Å². The van der Waals surface area contributed by atoms with Crippen molar-refractivity contribution in [2.24, 2.45) is 5.92 Å². The summed E-state index contributed by atoms with van der Waals surface area (Å²) >= 11 is 1.91. The van der Waals surface area contributed by atoms with Gasteiger partial charge in [-0.05, 0) is 37.5 Å². The minimum atomic E-state index is 0.703. The van der Waals surface area contributed by atoms with Crippen molar-refractivity contribution < 1.29 is 0 Å². The van der Waals surface area contributed by atoms with E-state index in [2.05, 4.69) is 54.4 Å². The van der Waals surface area contributed by atoms with Gasteiger partial charge in [-0.3, -0.25) is 4.68 Å². The molecule has 2 aromatic rings. The molecule has 0 spiro atoms. The summed E-state index contributed by atoms with van der Waals surface area (Å²) in [5.41, 5.74) is 2.40. The van der Waals surface area contributed by atoms with Crippen molar-refractivity contribution in [3.8, 4) is 0 Å². The van der Waals surface area contributed by atoms with Gasteiger partial charge >= 0.3 is 0 Å². The van der Waals surface area contributed by atoms with E-state index < -0.39 is 0 Å². The van der Waals surface area contributed by atoms with E-state index >= 15 is 0 Å². The van der Waals surface area contributed by atoms with Crippen molar-refractivity contribution in [1.82, 2.24) is 15.1 Å². The number of nitrogens with one attached hydrogen (secondary N) is 1. The minimum Gasteiger partial charge on any atom is -0.311 e. The molecule has 0 bridgehead atoms. The first kappa shape index (κ1) is 14.4. The van der Waals surface area contributed by atoms with Gasteiger partial charge in [0.05, 0.1) is 11.2 Å². The number of fused-ring (bicyclic) bond motifs is 1. The summed E-state index contributed by atoms with van der Waals surface area (Å²) in [6.45, 7) is 7.24. The Kier molecular flexibility index (Phi) is 5.28.